The van der Waals surface area contributed by atoms with Gasteiger partial charge in [-0.25, -0.2) is 9.97 Å². The highest BCUT2D eigenvalue weighted by molar-refractivity contribution is 9.11. The van der Waals surface area contributed by atoms with E-state index < -0.39 is 0 Å². The van der Waals surface area contributed by atoms with Gasteiger partial charge >= 0.3 is 0 Å². The van der Waals surface area contributed by atoms with Crippen molar-refractivity contribution in [2.75, 3.05) is 56.9 Å². The summed E-state index contributed by atoms with van der Waals surface area (Å²) < 4.78 is 11.4. The molecule has 2 N–H and O–H groups in total. The molecule has 3 aromatic carbocycles. The molecule has 5 aromatic heterocycles. The van der Waals surface area contributed by atoms with Gasteiger partial charge in [0.1, 0.15) is 23.0 Å². The average molecular weight is 986 g/mol. The van der Waals surface area contributed by atoms with Gasteiger partial charge in [-0.05, 0) is 127 Å². The number of hydrogen-bond acceptors (Lipinski definition) is 9. The summed E-state index contributed by atoms with van der Waals surface area (Å²) in [5.41, 5.74) is 6.02. The molecule has 11 nitrogen and oxygen atoms in total. The fourth-order valence-corrected chi connectivity index (χ4v) is 9.35. The van der Waals surface area contributed by atoms with Crippen molar-refractivity contribution in [2.24, 2.45) is 11.8 Å². The van der Waals surface area contributed by atoms with Gasteiger partial charge in [0.05, 0.1) is 39.3 Å². The maximum absolute atomic E-state index is 6.46. The van der Waals surface area contributed by atoms with Crippen LogP contribution in [-0.4, -0.2) is 85.3 Å². The summed E-state index contributed by atoms with van der Waals surface area (Å²) in [4.78, 5) is 14.4. The quantitative estimate of drug-likeness (QED) is 0.139. The van der Waals surface area contributed by atoms with E-state index in [1.54, 1.807) is 12.4 Å². The van der Waals surface area contributed by atoms with Gasteiger partial charge in [0.2, 0.25) is 0 Å². The largest absolute Gasteiger partial charge is 0.460 e. The zero-order valence-electron chi connectivity index (χ0n) is 33.7. The summed E-state index contributed by atoms with van der Waals surface area (Å²) >= 11 is 20.0. The van der Waals surface area contributed by atoms with Crippen molar-refractivity contribution in [1.29, 1.82) is 0 Å². The Kier molecular flexibility index (Phi) is 12.9. The van der Waals surface area contributed by atoms with Crippen LogP contribution in [0.25, 0.3) is 44.8 Å². The molecule has 314 valence electrons. The second kappa shape index (κ2) is 18.9. The number of halogens is 4. The predicted molar refractivity (Wildman–Crippen MR) is 254 cm³/mol. The lowest BCUT2D eigenvalue weighted by Gasteiger charge is -2.31. The molecular weight excluding hydrogens is 939 g/mol. The molecule has 0 spiro atoms. The molecule has 2 saturated heterocycles. The van der Waals surface area contributed by atoms with E-state index in [1.165, 1.54) is 18.2 Å². The summed E-state index contributed by atoms with van der Waals surface area (Å²) in [6.45, 7) is 7.14. The maximum atomic E-state index is 6.46. The lowest BCUT2D eigenvalue weighted by atomic mass is 9.96. The SMILES string of the molecule is CN1CCC(CNc2cc(-c3ccccc3Cl)nc3c(Br)cnn23)CC1.Clc1ccccc1-c1cc(NCC2CCN(Cc3cc4ccccc4o3)CC2)n2ncc(Br)c2n1. The van der Waals surface area contributed by atoms with E-state index in [4.69, 9.17) is 37.6 Å². The smallest absolute Gasteiger partial charge is 0.172 e. The van der Waals surface area contributed by atoms with Gasteiger partial charge in [-0.3, -0.25) is 4.90 Å². The average Bonchev–Trinajstić information content (AvgIpc) is 3.99. The Morgan fingerprint density at radius 2 is 1.15 bits per heavy atom. The van der Waals surface area contributed by atoms with Gasteiger partial charge in [-0.1, -0.05) is 77.8 Å². The third-order valence-corrected chi connectivity index (χ3v) is 13.5. The topological polar surface area (TPSA) is 104 Å². The number of nitrogens with zero attached hydrogens (tertiary/aromatic N) is 8. The van der Waals surface area contributed by atoms with Crippen molar-refractivity contribution >= 4 is 89.0 Å². The Morgan fingerprint density at radius 1 is 0.656 bits per heavy atom. The molecule has 2 fully saturated rings. The fourth-order valence-electron chi connectivity index (χ4n) is 8.19. The van der Waals surface area contributed by atoms with Crippen molar-refractivity contribution in [2.45, 2.75) is 32.2 Å². The molecule has 0 atom stereocenters. The molecule has 2 aliphatic heterocycles. The summed E-state index contributed by atoms with van der Waals surface area (Å²) in [7, 11) is 2.19. The Balaban J connectivity index is 0.000000163. The zero-order chi connectivity index (χ0) is 41.9. The minimum Gasteiger partial charge on any atom is -0.460 e. The van der Waals surface area contributed by atoms with Crippen molar-refractivity contribution in [3.8, 4) is 22.5 Å². The van der Waals surface area contributed by atoms with Crippen LogP contribution < -0.4 is 10.6 Å². The van der Waals surface area contributed by atoms with Gasteiger partial charge in [0.15, 0.2) is 11.3 Å². The van der Waals surface area contributed by atoms with Crippen LogP contribution >= 0.6 is 55.1 Å². The van der Waals surface area contributed by atoms with E-state index in [1.807, 2.05) is 81.8 Å². The first-order chi connectivity index (χ1) is 29.8. The first-order valence-electron chi connectivity index (χ1n) is 20.7. The first-order valence-corrected chi connectivity index (χ1v) is 23.0. The lowest BCUT2D eigenvalue weighted by Crippen LogP contribution is -2.35. The Morgan fingerprint density at radius 3 is 1.67 bits per heavy atom. The van der Waals surface area contributed by atoms with E-state index in [-0.39, 0.29) is 0 Å². The third kappa shape index (κ3) is 9.62. The Hall–Kier alpha value is -4.50. The number of benzene rings is 3. The molecule has 0 unspecified atom stereocenters. The molecule has 8 aromatic rings. The molecule has 2 aliphatic rings. The molecular formula is C46H46Br2Cl2N10O. The van der Waals surface area contributed by atoms with Crippen LogP contribution in [0.1, 0.15) is 31.4 Å². The summed E-state index contributed by atoms with van der Waals surface area (Å²) in [5.74, 6) is 4.17. The number of aromatic nitrogens is 6. The monoisotopic (exact) mass is 982 g/mol. The second-order valence-electron chi connectivity index (χ2n) is 15.9. The minimum atomic E-state index is 0.591. The number of rotatable bonds is 10. The molecule has 0 amide bonds. The molecule has 10 rings (SSSR count). The van der Waals surface area contributed by atoms with Crippen LogP contribution in [0.5, 0.6) is 0 Å². The third-order valence-electron chi connectivity index (χ3n) is 11.7. The van der Waals surface area contributed by atoms with E-state index >= 15 is 0 Å². The maximum Gasteiger partial charge on any atom is 0.172 e. The number of furan rings is 1. The van der Waals surface area contributed by atoms with Crippen molar-refractivity contribution < 1.29 is 4.42 Å². The van der Waals surface area contributed by atoms with Crippen molar-refractivity contribution in [1.82, 2.24) is 39.0 Å². The highest BCUT2D eigenvalue weighted by Gasteiger charge is 2.22. The highest BCUT2D eigenvalue weighted by Crippen LogP contribution is 2.33. The van der Waals surface area contributed by atoms with Gasteiger partial charge in [0.25, 0.3) is 0 Å². The van der Waals surface area contributed by atoms with Crippen molar-refractivity contribution in [3.63, 3.8) is 0 Å². The number of nitrogens with one attached hydrogen (secondary N) is 2. The summed E-state index contributed by atoms with van der Waals surface area (Å²) in [6, 6.07) is 30.0. The Labute approximate surface area is 381 Å². The lowest BCUT2D eigenvalue weighted by molar-refractivity contribution is 0.172. The van der Waals surface area contributed by atoms with E-state index in [0.717, 1.165) is 124 Å². The second-order valence-corrected chi connectivity index (χ2v) is 18.5. The summed E-state index contributed by atoms with van der Waals surface area (Å²) in [5, 5.41) is 18.8. The number of fused-ring (bicyclic) bond motifs is 3. The van der Waals surface area contributed by atoms with E-state index in [9.17, 15) is 0 Å². The number of likely N-dealkylation sites (tertiary alicyclic amines) is 2. The normalized spacial score (nSPS) is 15.7. The fraction of sp³-hybridized carbons (Fsp3) is 0.304. The number of anilines is 2. The Bertz CT molecular complexity index is 2740. The van der Waals surface area contributed by atoms with Gasteiger partial charge in [-0.2, -0.15) is 19.2 Å². The van der Waals surface area contributed by atoms with Gasteiger partial charge in [0, 0.05) is 51.8 Å². The van der Waals surface area contributed by atoms with Crippen LogP contribution in [0.2, 0.25) is 10.0 Å². The van der Waals surface area contributed by atoms with Crippen LogP contribution in [-0.2, 0) is 6.54 Å². The van der Waals surface area contributed by atoms with E-state index in [2.05, 4.69) is 87.7 Å². The molecule has 15 heteroatoms. The zero-order valence-corrected chi connectivity index (χ0v) is 38.4. The van der Waals surface area contributed by atoms with Crippen LogP contribution in [0.15, 0.2) is 117 Å². The number of hydrogen-bond donors (Lipinski definition) is 2. The van der Waals surface area contributed by atoms with Gasteiger partial charge in [-0.15, -0.1) is 0 Å². The molecule has 7 heterocycles. The summed E-state index contributed by atoms with van der Waals surface area (Å²) in [6.07, 6.45) is 8.28. The van der Waals surface area contributed by atoms with Gasteiger partial charge < -0.3 is 20.0 Å². The van der Waals surface area contributed by atoms with Crippen LogP contribution in [0.3, 0.4) is 0 Å². The predicted octanol–water partition coefficient (Wildman–Crippen LogP) is 11.4. The number of piperidine rings is 2. The van der Waals surface area contributed by atoms with E-state index in [0.29, 0.717) is 21.9 Å². The molecule has 61 heavy (non-hydrogen) atoms. The van der Waals surface area contributed by atoms with Crippen LogP contribution in [0, 0.1) is 11.8 Å². The highest BCUT2D eigenvalue weighted by atomic mass is 79.9. The number of para-hydroxylation sites is 1. The molecule has 0 aliphatic carbocycles. The molecule has 0 bridgehead atoms. The standard InChI is InChI=1S/C27H25BrClN5O.C19H21BrClN5/c28-22-16-31-34-26(14-24(32-27(22)34)21-6-2-3-7-23(21)29)30-15-18-9-11-33(12-10-18)17-20-13-19-5-1-4-8-25(19)35-20;1-25-8-6-13(7-9-25)11-22-18-10-17(14-4-2-3-5-16(14)21)24-19-15(20)12-23-26(18)19/h1-8,13-14,16,18,30H,9-12,15,17H2;2-5,10,12-13,22H,6-9,11H2,1H3. The van der Waals surface area contributed by atoms with Crippen LogP contribution in [0.4, 0.5) is 11.6 Å². The molecule has 0 radical (unpaired) electrons. The molecule has 0 saturated carbocycles. The first kappa shape index (κ1) is 41.8. The van der Waals surface area contributed by atoms with Crippen molar-refractivity contribution in [3.05, 3.63) is 128 Å². The minimum absolute atomic E-state index is 0.591.